The number of hydrogen-bond donors (Lipinski definition) is 0. The Bertz CT molecular complexity index is 1030. The number of fused-ring (bicyclic) bond motifs is 1. The van der Waals surface area contributed by atoms with Crippen molar-refractivity contribution in [2.45, 2.75) is 38.7 Å². The molecule has 0 atom stereocenters. The summed E-state index contributed by atoms with van der Waals surface area (Å²) in [7, 11) is 0. The molecule has 3 aromatic rings. The molecule has 0 saturated heterocycles. The van der Waals surface area contributed by atoms with Crippen molar-refractivity contribution in [2.24, 2.45) is 0 Å². The lowest BCUT2D eigenvalue weighted by Gasteiger charge is -2.16. The summed E-state index contributed by atoms with van der Waals surface area (Å²) in [6.07, 6.45) is 8.15. The van der Waals surface area contributed by atoms with E-state index in [4.69, 9.17) is 9.47 Å². The molecule has 29 heavy (non-hydrogen) atoms. The van der Waals surface area contributed by atoms with E-state index in [-0.39, 0.29) is 12.1 Å². The highest BCUT2D eigenvalue weighted by atomic mass is 16.5. The molecule has 0 aliphatic heterocycles. The van der Waals surface area contributed by atoms with Crippen LogP contribution in [-0.2, 0) is 9.53 Å². The van der Waals surface area contributed by atoms with Crippen molar-refractivity contribution in [3.8, 4) is 16.9 Å². The molecule has 3 nitrogen and oxygen atoms in total. The van der Waals surface area contributed by atoms with E-state index in [9.17, 15) is 4.79 Å². The monoisotopic (exact) mass is 386 g/mol. The van der Waals surface area contributed by atoms with Crippen LogP contribution in [0.25, 0.3) is 28.0 Å². The van der Waals surface area contributed by atoms with Crippen LogP contribution in [0.1, 0.15) is 38.2 Å². The van der Waals surface area contributed by atoms with Gasteiger partial charge in [-0.05, 0) is 78.8 Å². The number of rotatable bonds is 6. The van der Waals surface area contributed by atoms with Crippen LogP contribution in [0.4, 0.5) is 0 Å². The van der Waals surface area contributed by atoms with Gasteiger partial charge in [0.2, 0.25) is 0 Å². The Labute approximate surface area is 172 Å². The van der Waals surface area contributed by atoms with E-state index in [1.807, 2.05) is 6.07 Å². The van der Waals surface area contributed by atoms with Gasteiger partial charge in [-0.25, -0.2) is 4.79 Å². The SMILES string of the molecule is CCOC(=O)/C=C/c1cc(-c2ccc3ccccc3c2)ccc1OC1CCCC1. The summed E-state index contributed by atoms with van der Waals surface area (Å²) in [4.78, 5) is 11.8. The van der Waals surface area contributed by atoms with Crippen molar-refractivity contribution >= 4 is 22.8 Å². The second-order valence-electron chi connectivity index (χ2n) is 7.42. The van der Waals surface area contributed by atoms with Gasteiger partial charge in [-0.15, -0.1) is 0 Å². The lowest BCUT2D eigenvalue weighted by Crippen LogP contribution is -2.11. The quantitative estimate of drug-likeness (QED) is 0.363. The number of hydrogen-bond acceptors (Lipinski definition) is 3. The fourth-order valence-corrected chi connectivity index (χ4v) is 3.87. The molecule has 148 valence electrons. The number of carbonyl (C=O) groups is 1. The van der Waals surface area contributed by atoms with Crippen LogP contribution in [0, 0.1) is 0 Å². The van der Waals surface area contributed by atoms with Crippen LogP contribution in [0.2, 0.25) is 0 Å². The summed E-state index contributed by atoms with van der Waals surface area (Å²) in [5.74, 6) is 0.484. The van der Waals surface area contributed by atoms with Gasteiger partial charge in [-0.2, -0.15) is 0 Å². The second kappa shape index (κ2) is 8.95. The molecule has 1 aliphatic carbocycles. The molecule has 0 heterocycles. The Morgan fingerprint density at radius 2 is 1.69 bits per heavy atom. The lowest BCUT2D eigenvalue weighted by molar-refractivity contribution is -0.137. The predicted molar refractivity (Wildman–Crippen MR) is 118 cm³/mol. The van der Waals surface area contributed by atoms with E-state index in [1.54, 1.807) is 13.0 Å². The molecule has 1 fully saturated rings. The minimum atomic E-state index is -0.338. The Balaban J connectivity index is 1.68. The van der Waals surface area contributed by atoms with Crippen LogP contribution < -0.4 is 4.74 Å². The molecule has 0 aromatic heterocycles. The Hall–Kier alpha value is -3.07. The standard InChI is InChI=1S/C26H26O3/c1-2-28-26(27)16-14-23-18-22(13-15-25(23)29-24-9-5-6-10-24)21-12-11-19-7-3-4-8-20(19)17-21/h3-4,7-8,11-18,24H,2,5-6,9-10H2,1H3/b16-14+. The van der Waals surface area contributed by atoms with Gasteiger partial charge in [-0.3, -0.25) is 0 Å². The summed E-state index contributed by atoms with van der Waals surface area (Å²) in [5.41, 5.74) is 3.13. The number of benzene rings is 3. The normalized spacial score (nSPS) is 14.5. The number of esters is 1. The smallest absolute Gasteiger partial charge is 0.330 e. The fourth-order valence-electron chi connectivity index (χ4n) is 3.87. The number of ether oxygens (including phenoxy) is 2. The predicted octanol–water partition coefficient (Wildman–Crippen LogP) is 6.40. The molecule has 0 radical (unpaired) electrons. The first-order chi connectivity index (χ1) is 14.2. The highest BCUT2D eigenvalue weighted by Crippen LogP contribution is 2.32. The van der Waals surface area contributed by atoms with Gasteiger partial charge < -0.3 is 9.47 Å². The van der Waals surface area contributed by atoms with Crippen LogP contribution in [0.3, 0.4) is 0 Å². The van der Waals surface area contributed by atoms with Gasteiger partial charge in [0.1, 0.15) is 5.75 Å². The molecule has 4 rings (SSSR count). The highest BCUT2D eigenvalue weighted by molar-refractivity contribution is 5.89. The van der Waals surface area contributed by atoms with Gasteiger partial charge >= 0.3 is 5.97 Å². The molecule has 0 amide bonds. The van der Waals surface area contributed by atoms with Crippen LogP contribution in [-0.4, -0.2) is 18.7 Å². The molecular weight excluding hydrogens is 360 g/mol. The van der Waals surface area contributed by atoms with Crippen molar-refractivity contribution in [3.05, 3.63) is 72.3 Å². The van der Waals surface area contributed by atoms with Crippen molar-refractivity contribution in [1.29, 1.82) is 0 Å². The summed E-state index contributed by atoms with van der Waals surface area (Å²) in [6, 6.07) is 21.0. The minimum Gasteiger partial charge on any atom is -0.490 e. The molecule has 3 heteroatoms. The zero-order valence-electron chi connectivity index (χ0n) is 16.8. The summed E-state index contributed by atoms with van der Waals surface area (Å²) in [6.45, 7) is 2.17. The Morgan fingerprint density at radius 1 is 0.966 bits per heavy atom. The lowest BCUT2D eigenvalue weighted by atomic mass is 9.99. The Kier molecular flexibility index (Phi) is 5.95. The molecular formula is C26H26O3. The fraction of sp³-hybridized carbons (Fsp3) is 0.269. The third-order valence-electron chi connectivity index (χ3n) is 5.37. The van der Waals surface area contributed by atoms with E-state index < -0.39 is 0 Å². The zero-order chi connectivity index (χ0) is 20.1. The third-order valence-corrected chi connectivity index (χ3v) is 5.37. The van der Waals surface area contributed by atoms with E-state index in [0.717, 1.165) is 35.3 Å². The molecule has 0 spiro atoms. The summed E-state index contributed by atoms with van der Waals surface area (Å²) < 4.78 is 11.3. The topological polar surface area (TPSA) is 35.5 Å². The van der Waals surface area contributed by atoms with Crippen LogP contribution in [0.15, 0.2) is 66.7 Å². The minimum absolute atomic E-state index is 0.260. The van der Waals surface area contributed by atoms with Crippen molar-refractivity contribution in [1.82, 2.24) is 0 Å². The molecule has 1 aliphatic rings. The summed E-state index contributed by atoms with van der Waals surface area (Å²) in [5, 5.41) is 2.43. The molecule has 0 unspecified atom stereocenters. The van der Waals surface area contributed by atoms with E-state index in [0.29, 0.717) is 6.61 Å². The maximum atomic E-state index is 11.8. The van der Waals surface area contributed by atoms with Gasteiger partial charge in [0.25, 0.3) is 0 Å². The largest absolute Gasteiger partial charge is 0.490 e. The van der Waals surface area contributed by atoms with E-state index in [2.05, 4.69) is 54.6 Å². The third kappa shape index (κ3) is 4.68. The summed E-state index contributed by atoms with van der Waals surface area (Å²) >= 11 is 0. The first kappa shape index (κ1) is 19.3. The van der Waals surface area contributed by atoms with E-state index >= 15 is 0 Å². The van der Waals surface area contributed by atoms with Gasteiger partial charge in [-0.1, -0.05) is 42.5 Å². The molecule has 1 saturated carbocycles. The zero-order valence-corrected chi connectivity index (χ0v) is 16.8. The van der Waals surface area contributed by atoms with Crippen molar-refractivity contribution in [3.63, 3.8) is 0 Å². The average Bonchev–Trinajstić information content (AvgIpc) is 3.26. The molecule has 3 aromatic carbocycles. The maximum Gasteiger partial charge on any atom is 0.330 e. The number of carbonyl (C=O) groups excluding carboxylic acids is 1. The van der Waals surface area contributed by atoms with Crippen LogP contribution >= 0.6 is 0 Å². The second-order valence-corrected chi connectivity index (χ2v) is 7.42. The van der Waals surface area contributed by atoms with E-state index in [1.165, 1.54) is 29.7 Å². The van der Waals surface area contributed by atoms with Gasteiger partial charge in [0, 0.05) is 11.6 Å². The van der Waals surface area contributed by atoms with Crippen molar-refractivity contribution < 1.29 is 14.3 Å². The maximum absolute atomic E-state index is 11.8. The molecule has 0 N–H and O–H groups in total. The van der Waals surface area contributed by atoms with Gasteiger partial charge in [0.15, 0.2) is 0 Å². The highest BCUT2D eigenvalue weighted by Gasteiger charge is 2.18. The first-order valence-electron chi connectivity index (χ1n) is 10.4. The van der Waals surface area contributed by atoms with Gasteiger partial charge in [0.05, 0.1) is 12.7 Å². The molecule has 0 bridgehead atoms. The van der Waals surface area contributed by atoms with Crippen LogP contribution in [0.5, 0.6) is 5.75 Å². The van der Waals surface area contributed by atoms with Crippen molar-refractivity contribution in [2.75, 3.05) is 6.61 Å². The Morgan fingerprint density at radius 3 is 2.48 bits per heavy atom. The average molecular weight is 386 g/mol. The first-order valence-corrected chi connectivity index (χ1v) is 10.4.